The second kappa shape index (κ2) is 9.90. The summed E-state index contributed by atoms with van der Waals surface area (Å²) < 4.78 is 6.06. The van der Waals surface area contributed by atoms with Crippen LogP contribution in [0.15, 0.2) is 71.8 Å². The number of ether oxygens (including phenoxy) is 1. The summed E-state index contributed by atoms with van der Waals surface area (Å²) in [7, 11) is 0. The molecule has 1 fully saturated rings. The summed E-state index contributed by atoms with van der Waals surface area (Å²) in [5.41, 5.74) is 6.16. The molecule has 0 spiro atoms. The van der Waals surface area contributed by atoms with Crippen LogP contribution in [-0.2, 0) is 0 Å². The van der Waals surface area contributed by atoms with E-state index in [1.165, 1.54) is 0 Å². The monoisotopic (exact) mass is 417 g/mol. The number of aryl methyl sites for hydroxylation is 1. The summed E-state index contributed by atoms with van der Waals surface area (Å²) in [5.74, 6) is 2.08. The summed E-state index contributed by atoms with van der Waals surface area (Å²) in [6.45, 7) is 8.01. The van der Waals surface area contributed by atoms with Crippen molar-refractivity contribution >= 4 is 23.7 Å². The molecule has 2 aliphatic heterocycles. The molecule has 2 aliphatic rings. The van der Waals surface area contributed by atoms with E-state index in [2.05, 4.69) is 43.0 Å². The predicted molar refractivity (Wildman–Crippen MR) is 125 cm³/mol. The maximum absolute atomic E-state index is 6.06. The Morgan fingerprint density at radius 2 is 1.94 bits per heavy atom. The molecule has 0 aliphatic carbocycles. The zero-order valence-corrected chi connectivity index (χ0v) is 17.6. The molecule has 0 saturated carbocycles. The van der Waals surface area contributed by atoms with E-state index in [1.54, 1.807) is 18.6 Å². The van der Waals surface area contributed by atoms with Crippen LogP contribution in [-0.4, -0.2) is 35.4 Å². The van der Waals surface area contributed by atoms with Gasteiger partial charge in [-0.15, -0.1) is 0 Å². The molecule has 4 N–H and O–H groups in total. The van der Waals surface area contributed by atoms with Crippen LogP contribution < -0.4 is 26.1 Å². The number of anilines is 3. The maximum Gasteiger partial charge on any atom is 0.229 e. The van der Waals surface area contributed by atoms with Gasteiger partial charge in [0.15, 0.2) is 0 Å². The molecule has 2 aromatic rings. The molecule has 160 valence electrons. The summed E-state index contributed by atoms with van der Waals surface area (Å²) in [5, 5.41) is 14.0. The standard InChI is InChI=1S/C23H27N7O/c1-16-15-27-26-11-3-4-21(16)29-22-17(2)14-25-23(30-22)28-18-5-7-19(8-6-18)31-20-9-12-24-13-10-20/h3-8,11,14-15,20,24,26H,1,9-10,12-13H2,2H3,(H2,25,28,29,30)/b11-3?,21-4+,27-15-. The number of hydrogen-bond acceptors (Lipinski definition) is 8. The lowest BCUT2D eigenvalue weighted by atomic mass is 10.1. The molecule has 8 heteroatoms. The minimum atomic E-state index is 0.280. The summed E-state index contributed by atoms with van der Waals surface area (Å²) in [6.07, 6.45) is 11.3. The van der Waals surface area contributed by atoms with Crippen LogP contribution in [0.5, 0.6) is 5.75 Å². The van der Waals surface area contributed by atoms with E-state index in [0.29, 0.717) is 11.8 Å². The lowest BCUT2D eigenvalue weighted by Crippen LogP contribution is -2.34. The molecule has 0 unspecified atom stereocenters. The predicted octanol–water partition coefficient (Wildman–Crippen LogP) is 3.61. The van der Waals surface area contributed by atoms with E-state index in [-0.39, 0.29) is 6.10 Å². The van der Waals surface area contributed by atoms with E-state index in [9.17, 15) is 0 Å². The van der Waals surface area contributed by atoms with Crippen LogP contribution in [0, 0.1) is 6.92 Å². The van der Waals surface area contributed by atoms with Gasteiger partial charge >= 0.3 is 0 Å². The smallest absolute Gasteiger partial charge is 0.229 e. The summed E-state index contributed by atoms with van der Waals surface area (Å²) in [6, 6.07) is 7.89. The van der Waals surface area contributed by atoms with Gasteiger partial charge in [-0.25, -0.2) is 4.98 Å². The van der Waals surface area contributed by atoms with Crippen LogP contribution in [0.4, 0.5) is 17.5 Å². The number of rotatable bonds is 6. The highest BCUT2D eigenvalue weighted by Crippen LogP contribution is 2.23. The minimum Gasteiger partial charge on any atom is -0.490 e. The third kappa shape index (κ3) is 5.70. The molecule has 0 atom stereocenters. The Hall–Kier alpha value is -3.65. The van der Waals surface area contributed by atoms with Crippen LogP contribution >= 0.6 is 0 Å². The Balaban J connectivity index is 1.43. The lowest BCUT2D eigenvalue weighted by molar-refractivity contribution is 0.162. The van der Waals surface area contributed by atoms with Gasteiger partial charge in [0.25, 0.3) is 0 Å². The third-order valence-electron chi connectivity index (χ3n) is 5.00. The lowest BCUT2D eigenvalue weighted by Gasteiger charge is -2.23. The first-order valence-corrected chi connectivity index (χ1v) is 10.4. The normalized spacial score (nSPS) is 19.4. The number of aromatic nitrogens is 2. The molecule has 3 heterocycles. The molecule has 0 amide bonds. The number of hydrazone groups is 1. The van der Waals surface area contributed by atoms with Gasteiger partial charge in [-0.05, 0) is 69.3 Å². The molecule has 1 aromatic heterocycles. The van der Waals surface area contributed by atoms with Crippen molar-refractivity contribution in [3.8, 4) is 5.75 Å². The quantitative estimate of drug-likeness (QED) is 0.570. The number of piperidine rings is 1. The van der Waals surface area contributed by atoms with E-state index in [4.69, 9.17) is 4.74 Å². The summed E-state index contributed by atoms with van der Waals surface area (Å²) in [4.78, 5) is 9.03. The molecular formula is C23H27N7O. The first-order chi connectivity index (χ1) is 15.2. The fraction of sp³-hybridized carbons (Fsp3) is 0.261. The Kier molecular flexibility index (Phi) is 6.59. The second-order valence-corrected chi connectivity index (χ2v) is 7.42. The maximum atomic E-state index is 6.06. The van der Waals surface area contributed by atoms with Gasteiger partial charge in [0.1, 0.15) is 17.7 Å². The van der Waals surface area contributed by atoms with Crippen molar-refractivity contribution in [1.29, 1.82) is 0 Å². The number of nitrogens with zero attached hydrogens (tertiary/aromatic N) is 3. The molecule has 0 bridgehead atoms. The van der Waals surface area contributed by atoms with Gasteiger partial charge < -0.3 is 20.7 Å². The summed E-state index contributed by atoms with van der Waals surface area (Å²) >= 11 is 0. The van der Waals surface area contributed by atoms with Crippen molar-refractivity contribution in [2.75, 3.05) is 23.7 Å². The Morgan fingerprint density at radius 3 is 2.74 bits per heavy atom. The van der Waals surface area contributed by atoms with Crippen LogP contribution in [0.2, 0.25) is 0 Å². The van der Waals surface area contributed by atoms with Gasteiger partial charge in [-0.2, -0.15) is 10.1 Å². The van der Waals surface area contributed by atoms with Gasteiger partial charge in [-0.1, -0.05) is 6.58 Å². The SMILES string of the molecule is C=C1/C=N\NC=C/C=C\1Nc1nc(Nc2ccc(OC3CCNCC3)cc2)ncc1C. The first kappa shape index (κ1) is 20.6. The number of allylic oxidation sites excluding steroid dienone is 3. The molecule has 1 aromatic carbocycles. The second-order valence-electron chi connectivity index (χ2n) is 7.42. The van der Waals surface area contributed by atoms with Gasteiger partial charge in [-0.3, -0.25) is 5.43 Å². The van der Waals surface area contributed by atoms with Crippen LogP contribution in [0.25, 0.3) is 0 Å². The van der Waals surface area contributed by atoms with E-state index in [1.807, 2.05) is 43.3 Å². The fourth-order valence-corrected chi connectivity index (χ4v) is 3.25. The van der Waals surface area contributed by atoms with Crippen molar-refractivity contribution < 1.29 is 4.74 Å². The molecule has 8 nitrogen and oxygen atoms in total. The number of nitrogens with one attached hydrogen (secondary N) is 4. The average molecular weight is 418 g/mol. The molecule has 4 rings (SSSR count). The van der Waals surface area contributed by atoms with E-state index < -0.39 is 0 Å². The molecule has 31 heavy (non-hydrogen) atoms. The van der Waals surface area contributed by atoms with Crippen LogP contribution in [0.3, 0.4) is 0 Å². The zero-order valence-electron chi connectivity index (χ0n) is 17.6. The van der Waals surface area contributed by atoms with Gasteiger partial charge in [0.2, 0.25) is 5.95 Å². The Bertz CT molecular complexity index is 1010. The molecule has 1 saturated heterocycles. The highest BCUT2D eigenvalue weighted by molar-refractivity contribution is 5.85. The average Bonchev–Trinajstić information content (AvgIpc) is 2.78. The third-order valence-corrected chi connectivity index (χ3v) is 5.00. The minimum absolute atomic E-state index is 0.280. The van der Waals surface area contributed by atoms with Crippen molar-refractivity contribution in [3.05, 3.63) is 72.2 Å². The van der Waals surface area contributed by atoms with E-state index in [0.717, 1.165) is 54.2 Å². The highest BCUT2D eigenvalue weighted by Gasteiger charge is 2.14. The highest BCUT2D eigenvalue weighted by atomic mass is 16.5. The van der Waals surface area contributed by atoms with Gasteiger partial charge in [0.05, 0.1) is 6.21 Å². The van der Waals surface area contributed by atoms with Crippen molar-refractivity contribution in [1.82, 2.24) is 20.7 Å². The Morgan fingerprint density at radius 1 is 1.13 bits per heavy atom. The van der Waals surface area contributed by atoms with Crippen LogP contribution in [0.1, 0.15) is 18.4 Å². The van der Waals surface area contributed by atoms with Crippen molar-refractivity contribution in [2.45, 2.75) is 25.9 Å². The number of hydrogen-bond donors (Lipinski definition) is 4. The Labute approximate surface area is 182 Å². The van der Waals surface area contributed by atoms with Crippen molar-refractivity contribution in [2.24, 2.45) is 5.10 Å². The largest absolute Gasteiger partial charge is 0.490 e. The zero-order chi connectivity index (χ0) is 21.5. The van der Waals surface area contributed by atoms with E-state index >= 15 is 0 Å². The molecular weight excluding hydrogens is 390 g/mol. The number of benzene rings is 1. The fourth-order valence-electron chi connectivity index (χ4n) is 3.25. The van der Waals surface area contributed by atoms with Gasteiger partial charge in [0, 0.05) is 34.9 Å². The molecule has 0 radical (unpaired) electrons. The first-order valence-electron chi connectivity index (χ1n) is 10.4. The van der Waals surface area contributed by atoms with Crippen molar-refractivity contribution in [3.63, 3.8) is 0 Å². The topological polar surface area (TPSA) is 95.5 Å².